The number of nitrogens with one attached hydrogen (secondary N) is 2. The van der Waals surface area contributed by atoms with Crippen molar-refractivity contribution in [3.63, 3.8) is 0 Å². The highest BCUT2D eigenvalue weighted by molar-refractivity contribution is 6.10. The lowest BCUT2D eigenvalue weighted by molar-refractivity contribution is -0.135. The maximum atomic E-state index is 13.5. The molecule has 0 radical (unpaired) electrons. The molecule has 150 valence electrons. The van der Waals surface area contributed by atoms with Crippen LogP contribution in [0, 0.1) is 5.92 Å². The average Bonchev–Trinajstić information content (AvgIpc) is 3.37. The molecule has 0 bridgehead atoms. The molecule has 5 heteroatoms. The third-order valence-corrected chi connectivity index (χ3v) is 6.94. The Morgan fingerprint density at radius 1 is 1.17 bits per heavy atom. The molecule has 5 rings (SSSR count). The number of carbonyl (C=O) groups is 2. The molecule has 0 saturated carbocycles. The van der Waals surface area contributed by atoms with Gasteiger partial charge in [-0.1, -0.05) is 44.2 Å². The van der Waals surface area contributed by atoms with Crippen LogP contribution < -0.4 is 10.6 Å². The van der Waals surface area contributed by atoms with Crippen molar-refractivity contribution in [1.29, 1.82) is 0 Å². The first kappa shape index (κ1) is 18.4. The van der Waals surface area contributed by atoms with E-state index in [-0.39, 0.29) is 17.9 Å². The summed E-state index contributed by atoms with van der Waals surface area (Å²) in [6.45, 7) is 5.16. The number of para-hydroxylation sites is 1. The van der Waals surface area contributed by atoms with Gasteiger partial charge in [0.1, 0.15) is 5.54 Å². The Labute approximate surface area is 171 Å². The molecule has 3 aliphatic rings. The van der Waals surface area contributed by atoms with E-state index in [1.54, 1.807) is 0 Å². The fourth-order valence-electron chi connectivity index (χ4n) is 5.56. The summed E-state index contributed by atoms with van der Waals surface area (Å²) >= 11 is 0. The molecule has 2 aromatic carbocycles. The number of hydrogen-bond donors (Lipinski definition) is 2. The van der Waals surface area contributed by atoms with Crippen LogP contribution in [0.3, 0.4) is 0 Å². The van der Waals surface area contributed by atoms with E-state index >= 15 is 0 Å². The van der Waals surface area contributed by atoms with Crippen LogP contribution in [0.4, 0.5) is 11.4 Å². The molecule has 2 aromatic rings. The van der Waals surface area contributed by atoms with Crippen molar-refractivity contribution in [2.45, 2.75) is 50.6 Å². The second kappa shape index (κ2) is 6.70. The van der Waals surface area contributed by atoms with Gasteiger partial charge in [0, 0.05) is 23.0 Å². The molecule has 3 aliphatic heterocycles. The number of carbonyl (C=O) groups excluding carboxylic acids is 2. The Morgan fingerprint density at radius 2 is 1.93 bits per heavy atom. The summed E-state index contributed by atoms with van der Waals surface area (Å²) in [7, 11) is 0. The summed E-state index contributed by atoms with van der Waals surface area (Å²) in [5.41, 5.74) is 2.92. The fraction of sp³-hybridized carbons (Fsp3) is 0.417. The van der Waals surface area contributed by atoms with Gasteiger partial charge >= 0.3 is 0 Å². The first-order valence-corrected chi connectivity index (χ1v) is 10.6. The largest absolute Gasteiger partial charge is 0.326 e. The Bertz CT molecular complexity index is 968. The van der Waals surface area contributed by atoms with E-state index in [1.807, 2.05) is 36.4 Å². The lowest BCUT2D eigenvalue weighted by Gasteiger charge is -2.36. The summed E-state index contributed by atoms with van der Waals surface area (Å²) in [5.74, 6) is -0.0769. The standard InChI is InChI=1S/C24H27N3O2/c1-15(2)16-9-11-17(12-10-16)25-22(28)20-14-18-6-5-13-27(18)24(20)19-7-3-4-8-21(19)26-23(24)29/h3-4,7-12,15,18,20H,5-6,13-14H2,1-2H3,(H,25,28)(H,26,29)/t18-,20-,24-/m1/s1. The van der Waals surface area contributed by atoms with Crippen molar-refractivity contribution in [2.75, 3.05) is 17.2 Å². The van der Waals surface area contributed by atoms with Crippen molar-refractivity contribution in [3.05, 3.63) is 59.7 Å². The van der Waals surface area contributed by atoms with Gasteiger partial charge in [-0.15, -0.1) is 0 Å². The Hall–Kier alpha value is -2.66. The third kappa shape index (κ3) is 2.64. The van der Waals surface area contributed by atoms with Crippen molar-refractivity contribution in [1.82, 2.24) is 4.90 Å². The van der Waals surface area contributed by atoms with Gasteiger partial charge in [0.2, 0.25) is 11.8 Å². The van der Waals surface area contributed by atoms with E-state index in [0.29, 0.717) is 5.92 Å². The molecule has 3 atom stereocenters. The van der Waals surface area contributed by atoms with Gasteiger partial charge in [0.05, 0.1) is 5.92 Å². The lowest BCUT2D eigenvalue weighted by Crippen LogP contribution is -2.53. The van der Waals surface area contributed by atoms with Gasteiger partial charge in [-0.2, -0.15) is 0 Å². The molecule has 2 fully saturated rings. The van der Waals surface area contributed by atoms with Gasteiger partial charge in [-0.3, -0.25) is 14.5 Å². The monoisotopic (exact) mass is 389 g/mol. The summed E-state index contributed by atoms with van der Waals surface area (Å²) in [6.07, 6.45) is 2.84. The number of nitrogens with zero attached hydrogens (tertiary/aromatic N) is 1. The highest BCUT2D eigenvalue weighted by Gasteiger charge is 2.65. The SMILES string of the molecule is CC(C)c1ccc(NC(=O)[C@H]2C[C@H]3CCCN3[C@@]23C(=O)Nc2ccccc23)cc1. The number of fused-ring (bicyclic) bond motifs is 4. The zero-order valence-corrected chi connectivity index (χ0v) is 16.9. The van der Waals surface area contributed by atoms with Crippen molar-refractivity contribution in [2.24, 2.45) is 5.92 Å². The zero-order chi connectivity index (χ0) is 20.2. The van der Waals surface area contributed by atoms with E-state index in [9.17, 15) is 9.59 Å². The lowest BCUT2D eigenvalue weighted by atomic mass is 9.78. The minimum atomic E-state index is -0.889. The predicted molar refractivity (Wildman–Crippen MR) is 114 cm³/mol. The number of anilines is 2. The first-order valence-electron chi connectivity index (χ1n) is 10.6. The van der Waals surface area contributed by atoms with E-state index in [4.69, 9.17) is 0 Å². The van der Waals surface area contributed by atoms with Crippen LogP contribution in [0.1, 0.15) is 50.2 Å². The van der Waals surface area contributed by atoms with E-state index in [0.717, 1.165) is 42.7 Å². The van der Waals surface area contributed by atoms with Crippen LogP contribution >= 0.6 is 0 Å². The summed E-state index contributed by atoms with van der Waals surface area (Å²) in [6, 6.07) is 16.1. The Balaban J connectivity index is 1.50. The minimum Gasteiger partial charge on any atom is -0.326 e. The van der Waals surface area contributed by atoms with Gasteiger partial charge in [0.25, 0.3) is 0 Å². The van der Waals surface area contributed by atoms with Crippen LogP contribution in [0.5, 0.6) is 0 Å². The summed E-state index contributed by atoms with van der Waals surface area (Å²) in [5, 5.41) is 6.15. The molecular weight excluding hydrogens is 362 g/mol. The molecule has 5 nitrogen and oxygen atoms in total. The molecule has 0 aromatic heterocycles. The molecule has 0 unspecified atom stereocenters. The molecule has 2 saturated heterocycles. The van der Waals surface area contributed by atoms with Gasteiger partial charge in [0.15, 0.2) is 0 Å². The Kier molecular flexibility index (Phi) is 4.24. The van der Waals surface area contributed by atoms with Crippen molar-refractivity contribution in [3.8, 4) is 0 Å². The topological polar surface area (TPSA) is 61.4 Å². The quantitative estimate of drug-likeness (QED) is 0.832. The van der Waals surface area contributed by atoms with Gasteiger partial charge in [-0.25, -0.2) is 0 Å². The van der Waals surface area contributed by atoms with Gasteiger partial charge < -0.3 is 10.6 Å². The molecule has 3 heterocycles. The zero-order valence-electron chi connectivity index (χ0n) is 16.9. The van der Waals surface area contributed by atoms with Crippen molar-refractivity contribution < 1.29 is 9.59 Å². The maximum absolute atomic E-state index is 13.5. The predicted octanol–water partition coefficient (Wildman–Crippen LogP) is 4.08. The molecule has 29 heavy (non-hydrogen) atoms. The van der Waals surface area contributed by atoms with Crippen LogP contribution in [-0.4, -0.2) is 29.3 Å². The Morgan fingerprint density at radius 3 is 2.69 bits per heavy atom. The average molecular weight is 389 g/mol. The molecule has 0 aliphatic carbocycles. The molecular formula is C24H27N3O2. The summed E-state index contributed by atoms with van der Waals surface area (Å²) < 4.78 is 0. The highest BCUT2D eigenvalue weighted by atomic mass is 16.2. The number of amides is 2. The normalized spacial score (nSPS) is 27.9. The number of rotatable bonds is 3. The highest BCUT2D eigenvalue weighted by Crippen LogP contribution is 2.55. The second-order valence-electron chi connectivity index (χ2n) is 8.81. The number of benzene rings is 2. The number of hydrogen-bond acceptors (Lipinski definition) is 3. The molecule has 2 amide bonds. The first-order chi connectivity index (χ1) is 14.0. The second-order valence-corrected chi connectivity index (χ2v) is 8.81. The van der Waals surface area contributed by atoms with Crippen LogP contribution in [0.25, 0.3) is 0 Å². The molecule has 2 N–H and O–H groups in total. The van der Waals surface area contributed by atoms with Crippen molar-refractivity contribution >= 4 is 23.2 Å². The van der Waals surface area contributed by atoms with Gasteiger partial charge in [-0.05, 0) is 55.5 Å². The maximum Gasteiger partial charge on any atom is 0.250 e. The smallest absolute Gasteiger partial charge is 0.250 e. The fourth-order valence-corrected chi connectivity index (χ4v) is 5.56. The van der Waals surface area contributed by atoms with E-state index in [1.165, 1.54) is 5.56 Å². The molecule has 1 spiro atoms. The van der Waals surface area contributed by atoms with Crippen LogP contribution in [-0.2, 0) is 15.1 Å². The van der Waals surface area contributed by atoms with E-state index in [2.05, 4.69) is 41.5 Å². The van der Waals surface area contributed by atoms with E-state index < -0.39 is 11.5 Å². The third-order valence-electron chi connectivity index (χ3n) is 6.94. The minimum absolute atomic E-state index is 0.0570. The van der Waals surface area contributed by atoms with Crippen LogP contribution in [0.2, 0.25) is 0 Å². The summed E-state index contributed by atoms with van der Waals surface area (Å²) in [4.78, 5) is 29.1. The van der Waals surface area contributed by atoms with Crippen LogP contribution in [0.15, 0.2) is 48.5 Å².